The number of amides is 4. The van der Waals surface area contributed by atoms with E-state index in [0.717, 1.165) is 16.1 Å². The molecule has 0 unspecified atom stereocenters. The molecule has 9 heteroatoms. The highest BCUT2D eigenvalue weighted by Crippen LogP contribution is 2.65. The Labute approximate surface area is 261 Å². The van der Waals surface area contributed by atoms with E-state index in [2.05, 4.69) is 5.43 Å². The Bertz CT molecular complexity index is 1750. The number of methoxy groups -OCH3 is 1. The molecule has 1 saturated carbocycles. The van der Waals surface area contributed by atoms with Crippen molar-refractivity contribution in [3.63, 3.8) is 0 Å². The average molecular weight is 606 g/mol. The van der Waals surface area contributed by atoms with Crippen LogP contribution in [0.25, 0.3) is 0 Å². The monoisotopic (exact) mass is 605 g/mol. The summed E-state index contributed by atoms with van der Waals surface area (Å²) < 4.78 is 5.80. The molecule has 2 N–H and O–H groups in total. The largest absolute Gasteiger partial charge is 0.508 e. The Morgan fingerprint density at radius 1 is 0.933 bits per heavy atom. The van der Waals surface area contributed by atoms with Crippen molar-refractivity contribution in [3.05, 3.63) is 101 Å². The molecule has 45 heavy (non-hydrogen) atoms. The molecule has 6 atom stereocenters. The van der Waals surface area contributed by atoms with Crippen LogP contribution < -0.4 is 10.2 Å². The van der Waals surface area contributed by atoms with Gasteiger partial charge in [-0.2, -0.15) is 5.01 Å². The maximum atomic E-state index is 15.1. The molecule has 2 aliphatic carbocycles. The minimum atomic E-state index is -1.40. The third-order valence-electron chi connectivity index (χ3n) is 10.3. The lowest BCUT2D eigenvalue weighted by atomic mass is 9.49. The molecule has 3 fully saturated rings. The van der Waals surface area contributed by atoms with Crippen LogP contribution in [0.2, 0.25) is 0 Å². The van der Waals surface area contributed by atoms with Crippen molar-refractivity contribution in [1.29, 1.82) is 0 Å². The number of phenolic OH excluding ortho intramolecular Hbond substituents is 1. The van der Waals surface area contributed by atoms with Gasteiger partial charge in [-0.1, -0.05) is 65.7 Å². The molecule has 2 saturated heterocycles. The number of hydrazine groups is 1. The highest BCUT2D eigenvalue weighted by Gasteiger charge is 2.70. The number of likely N-dealkylation sites (tertiary alicyclic amines) is 1. The molecule has 0 aromatic heterocycles. The third kappa shape index (κ3) is 4.06. The van der Waals surface area contributed by atoms with Gasteiger partial charge in [0.2, 0.25) is 11.8 Å². The second-order valence-electron chi connectivity index (χ2n) is 12.4. The Kier molecular flexibility index (Phi) is 6.80. The summed E-state index contributed by atoms with van der Waals surface area (Å²) in [7, 11) is 1.50. The maximum Gasteiger partial charge on any atom is 0.260 e. The van der Waals surface area contributed by atoms with E-state index in [1.807, 2.05) is 67.6 Å². The van der Waals surface area contributed by atoms with Gasteiger partial charge in [0.05, 0.1) is 36.0 Å². The van der Waals surface area contributed by atoms with Crippen LogP contribution in [0.1, 0.15) is 42.4 Å². The van der Waals surface area contributed by atoms with Crippen molar-refractivity contribution in [2.24, 2.45) is 23.7 Å². The lowest BCUT2D eigenvalue weighted by Crippen LogP contribution is -2.53. The van der Waals surface area contributed by atoms with Gasteiger partial charge in [-0.05, 0) is 56.4 Å². The zero-order valence-electron chi connectivity index (χ0n) is 25.4. The van der Waals surface area contributed by atoms with Gasteiger partial charge in [-0.15, -0.1) is 0 Å². The predicted octanol–water partition coefficient (Wildman–Crippen LogP) is 4.71. The van der Waals surface area contributed by atoms with Crippen LogP contribution in [0, 0.1) is 30.6 Å². The fourth-order valence-electron chi connectivity index (χ4n) is 8.41. The first-order chi connectivity index (χ1) is 21.7. The topological polar surface area (TPSA) is 116 Å². The molecule has 0 spiro atoms. The van der Waals surface area contributed by atoms with E-state index in [4.69, 9.17) is 4.74 Å². The molecular weight excluding hydrogens is 570 g/mol. The van der Waals surface area contributed by atoms with E-state index >= 15 is 4.79 Å². The molecule has 4 amide bonds. The van der Waals surface area contributed by atoms with Crippen LogP contribution in [-0.4, -0.2) is 52.3 Å². The number of fused-ring (bicyclic) bond motifs is 4. The summed E-state index contributed by atoms with van der Waals surface area (Å²) in [5.41, 5.74) is 5.48. The first-order valence-electron chi connectivity index (χ1n) is 15.4. The number of carbonyl (C=O) groups excluding carboxylic acids is 4. The maximum absolute atomic E-state index is 15.1. The van der Waals surface area contributed by atoms with E-state index in [1.165, 1.54) is 18.1 Å². The SMILES string of the molecule is CCN1C(=O)[C@H]2[C@H](CC=C3[C@H]2C[C@H]2C(=O)N(Nc4ccc(C)cc4)C(=O)[C@@]2(c2ccccc2)[C@H]3c2ccc(O)cc2OC)C1=O. The molecular formula is C36H35N3O6. The Morgan fingerprint density at radius 2 is 1.67 bits per heavy atom. The van der Waals surface area contributed by atoms with Crippen LogP contribution in [0.4, 0.5) is 5.69 Å². The van der Waals surface area contributed by atoms with Gasteiger partial charge in [-0.25, -0.2) is 0 Å². The van der Waals surface area contributed by atoms with Crippen molar-refractivity contribution in [2.45, 2.75) is 38.0 Å². The van der Waals surface area contributed by atoms with Gasteiger partial charge in [0, 0.05) is 24.1 Å². The number of hydrogen-bond acceptors (Lipinski definition) is 7. The molecule has 0 bridgehead atoms. The zero-order chi connectivity index (χ0) is 31.6. The first-order valence-corrected chi connectivity index (χ1v) is 15.4. The third-order valence-corrected chi connectivity index (χ3v) is 10.3. The van der Waals surface area contributed by atoms with Crippen molar-refractivity contribution >= 4 is 29.3 Å². The molecule has 0 radical (unpaired) electrons. The number of ether oxygens (including phenoxy) is 1. The minimum Gasteiger partial charge on any atom is -0.508 e. The van der Waals surface area contributed by atoms with E-state index in [9.17, 15) is 19.5 Å². The van der Waals surface area contributed by atoms with Crippen molar-refractivity contribution in [3.8, 4) is 11.5 Å². The van der Waals surface area contributed by atoms with Gasteiger partial charge in [0.25, 0.3) is 11.8 Å². The zero-order valence-corrected chi connectivity index (χ0v) is 25.4. The van der Waals surface area contributed by atoms with E-state index in [-0.39, 0.29) is 30.5 Å². The second-order valence-corrected chi connectivity index (χ2v) is 12.4. The fraction of sp³-hybridized carbons (Fsp3) is 0.333. The number of imide groups is 2. The summed E-state index contributed by atoms with van der Waals surface area (Å²) in [5.74, 6) is -4.00. The molecule has 9 nitrogen and oxygen atoms in total. The van der Waals surface area contributed by atoms with Gasteiger partial charge in [0.15, 0.2) is 0 Å². The Balaban J connectivity index is 1.48. The van der Waals surface area contributed by atoms with Crippen molar-refractivity contribution in [1.82, 2.24) is 9.91 Å². The summed E-state index contributed by atoms with van der Waals surface area (Å²) >= 11 is 0. The fourth-order valence-corrected chi connectivity index (χ4v) is 8.41. The minimum absolute atomic E-state index is 0.00222. The number of rotatable bonds is 6. The molecule has 2 aliphatic heterocycles. The number of aryl methyl sites for hydroxylation is 1. The number of benzene rings is 3. The van der Waals surface area contributed by atoms with Crippen LogP contribution >= 0.6 is 0 Å². The lowest BCUT2D eigenvalue weighted by Gasteiger charge is -2.50. The highest BCUT2D eigenvalue weighted by molar-refractivity contribution is 6.13. The summed E-state index contributed by atoms with van der Waals surface area (Å²) in [6.45, 7) is 4.04. The standard InChI is InChI=1S/C36H35N3O6/c1-4-38-32(41)26-17-16-24-27(30(26)34(38)43)19-28-33(42)39(37-22-12-10-20(2)11-13-22)35(44)36(28,21-8-6-5-7-9-21)31(24)25-15-14-23(40)18-29(25)45-3/h5-16,18,26-28,30-31,37,40H,4,17,19H2,1-3H3/t26-,27+,28-,30-,31+,36+/m0/s1. The number of allylic oxidation sites excluding steroid dienone is 2. The number of hydrogen-bond donors (Lipinski definition) is 2. The molecule has 3 aromatic carbocycles. The number of nitrogens with one attached hydrogen (secondary N) is 1. The number of phenols is 1. The second kappa shape index (κ2) is 10.6. The van der Waals surface area contributed by atoms with Crippen LogP contribution in [0.15, 0.2) is 84.4 Å². The molecule has 230 valence electrons. The summed E-state index contributed by atoms with van der Waals surface area (Å²) in [6, 6.07) is 21.6. The number of carbonyl (C=O) groups is 4. The molecule has 7 rings (SSSR count). The van der Waals surface area contributed by atoms with Gasteiger partial charge >= 0.3 is 0 Å². The number of anilines is 1. The highest BCUT2D eigenvalue weighted by atomic mass is 16.5. The Hall–Kier alpha value is -4.92. The quantitative estimate of drug-likeness (QED) is 0.309. The number of aromatic hydroxyl groups is 1. The smallest absolute Gasteiger partial charge is 0.260 e. The van der Waals surface area contributed by atoms with Crippen molar-refractivity contribution < 1.29 is 29.0 Å². The van der Waals surface area contributed by atoms with E-state index in [1.54, 1.807) is 19.1 Å². The summed E-state index contributed by atoms with van der Waals surface area (Å²) in [6.07, 6.45) is 2.60. The van der Waals surface area contributed by atoms with Gasteiger partial charge in [-0.3, -0.25) is 29.5 Å². The van der Waals surface area contributed by atoms with Crippen LogP contribution in [0.5, 0.6) is 11.5 Å². The Morgan fingerprint density at radius 3 is 2.36 bits per heavy atom. The van der Waals surface area contributed by atoms with E-state index in [0.29, 0.717) is 29.0 Å². The molecule has 2 heterocycles. The molecule has 4 aliphatic rings. The number of nitrogens with zero attached hydrogens (tertiary/aromatic N) is 2. The van der Waals surface area contributed by atoms with Crippen LogP contribution in [-0.2, 0) is 24.6 Å². The van der Waals surface area contributed by atoms with E-state index < -0.39 is 46.8 Å². The lowest BCUT2D eigenvalue weighted by molar-refractivity contribution is -0.141. The summed E-state index contributed by atoms with van der Waals surface area (Å²) in [5, 5.41) is 11.5. The van der Waals surface area contributed by atoms with Gasteiger partial charge < -0.3 is 9.84 Å². The normalized spacial score (nSPS) is 28.9. The predicted molar refractivity (Wildman–Crippen MR) is 166 cm³/mol. The van der Waals surface area contributed by atoms with Crippen LogP contribution in [0.3, 0.4) is 0 Å². The first kappa shape index (κ1) is 28.8. The molecule has 3 aromatic rings. The summed E-state index contributed by atoms with van der Waals surface area (Å²) in [4.78, 5) is 58.2. The average Bonchev–Trinajstić information content (AvgIpc) is 3.43. The van der Waals surface area contributed by atoms with Gasteiger partial charge in [0.1, 0.15) is 11.5 Å². The van der Waals surface area contributed by atoms with Crippen molar-refractivity contribution in [2.75, 3.05) is 19.1 Å².